The van der Waals surface area contributed by atoms with E-state index >= 15 is 0 Å². The van der Waals surface area contributed by atoms with Gasteiger partial charge in [0.25, 0.3) is 11.8 Å². The largest absolute Gasteiger partial charge is 0.494 e. The molecular formula is C78H82N16O8S2. The van der Waals surface area contributed by atoms with Crippen LogP contribution in [0.25, 0.3) is 64.3 Å². The van der Waals surface area contributed by atoms with Crippen molar-refractivity contribution in [3.8, 4) is 17.0 Å². The number of para-hydroxylation sites is 1. The first-order valence-corrected chi connectivity index (χ1v) is 38.4. The van der Waals surface area contributed by atoms with Gasteiger partial charge in [0, 0.05) is 146 Å². The van der Waals surface area contributed by atoms with Gasteiger partial charge in [-0.25, -0.2) is 19.7 Å². The standard InChI is InChI=1S/C78H82N16O8S2/c1-42-36-80-68-66-50-14-17-52(84-53(50)18-21-60(66)103-72(68)76(99)82-42)46-11-23-62(79-38-46)91-33-32-89(29-4-5-34-102-48-12-9-45(10-13-48)49-16-25-64(95)86-74(49)97)41-59(91)71-58-35-47(40-93(58)63-24-15-51-54(85-63)19-22-61-67(51)69-73(104-61)77(100)83-43(2)37-81-69)92(71)39-44-27-30-90(31-28-44)55-7-6-8-56-70(55)88(3)78(101)94(56)57-20-26-65(96)87-75(57)98/h6-15,17-19,21-24,38,42-44,47,49,57-59,71,80-81H,4-5,16,20,25-37,39-41H2,1-3H3,(H,82,99)(H,83,100)(H,86,95,97)(H,87,96,98)/t42-,43-,47-,49?,57?,58-,59?,71?/m1/s1. The molecule has 2 bridgehead atoms. The summed E-state index contributed by atoms with van der Waals surface area (Å²) in [4.78, 5) is 122. The number of piperazine rings is 2. The molecule has 8 atom stereocenters. The van der Waals surface area contributed by atoms with Crippen LogP contribution < -0.4 is 57.0 Å². The number of amides is 6. The first kappa shape index (κ1) is 66.0. The van der Waals surface area contributed by atoms with Gasteiger partial charge < -0.3 is 40.7 Å². The van der Waals surface area contributed by atoms with E-state index in [2.05, 4.69) is 117 Å². The highest BCUT2D eigenvalue weighted by Gasteiger charge is 2.56. The van der Waals surface area contributed by atoms with Crippen LogP contribution in [0.1, 0.15) is 109 Å². The Morgan fingerprint density at radius 1 is 0.635 bits per heavy atom. The number of thiophene rings is 2. The van der Waals surface area contributed by atoms with E-state index in [1.54, 1.807) is 16.2 Å². The second-order valence-corrected chi connectivity index (χ2v) is 31.7. The molecule has 0 spiro atoms. The monoisotopic (exact) mass is 1430 g/mol. The van der Waals surface area contributed by atoms with Gasteiger partial charge in [0.1, 0.15) is 33.2 Å². The van der Waals surface area contributed by atoms with Crippen molar-refractivity contribution in [1.82, 2.24) is 55.2 Å². The highest BCUT2D eigenvalue weighted by atomic mass is 32.1. The Hall–Kier alpha value is -10.0. The maximum atomic E-state index is 14.1. The Kier molecular flexibility index (Phi) is 16.9. The molecule has 24 nitrogen and oxygen atoms in total. The van der Waals surface area contributed by atoms with Crippen molar-refractivity contribution in [3.63, 3.8) is 0 Å². The van der Waals surface area contributed by atoms with Crippen molar-refractivity contribution < 1.29 is 33.5 Å². The summed E-state index contributed by atoms with van der Waals surface area (Å²) >= 11 is 3.03. The van der Waals surface area contributed by atoms with Gasteiger partial charge in [-0.05, 0) is 162 Å². The van der Waals surface area contributed by atoms with E-state index in [1.807, 2.05) is 62.5 Å². The summed E-state index contributed by atoms with van der Waals surface area (Å²) < 4.78 is 11.6. The molecule has 6 amide bonds. The smallest absolute Gasteiger partial charge is 0.329 e. The number of imidazole rings is 1. The Bertz CT molecular complexity index is 5220. The number of carbonyl (C=O) groups is 6. The van der Waals surface area contributed by atoms with Gasteiger partial charge >= 0.3 is 5.69 Å². The third-order valence-corrected chi connectivity index (χ3v) is 25.5. The van der Waals surface area contributed by atoms with E-state index in [0.717, 1.165) is 183 Å². The number of pyridine rings is 3. The van der Waals surface area contributed by atoms with Crippen LogP contribution in [0.3, 0.4) is 0 Å². The Labute approximate surface area is 607 Å². The number of hydrogen-bond acceptors (Lipinski definition) is 20. The van der Waals surface area contributed by atoms with E-state index in [4.69, 9.17) is 19.7 Å². The Morgan fingerprint density at radius 2 is 1.32 bits per heavy atom. The van der Waals surface area contributed by atoms with Gasteiger partial charge in [-0.2, -0.15) is 0 Å². The van der Waals surface area contributed by atoms with Crippen LogP contribution in [0, 0.1) is 5.92 Å². The van der Waals surface area contributed by atoms with E-state index in [9.17, 15) is 33.6 Å². The molecule has 6 saturated heterocycles. The number of aromatic nitrogens is 5. The second kappa shape index (κ2) is 26.6. The lowest BCUT2D eigenvalue weighted by Crippen LogP contribution is -2.67. The minimum Gasteiger partial charge on any atom is -0.494 e. The lowest BCUT2D eigenvalue weighted by atomic mass is 9.90. The molecule has 6 fully saturated rings. The van der Waals surface area contributed by atoms with Crippen LogP contribution >= 0.6 is 22.7 Å². The van der Waals surface area contributed by atoms with Gasteiger partial charge in [-0.3, -0.25) is 58.3 Å². The molecule has 6 N–H and O–H groups in total. The first-order chi connectivity index (χ1) is 50.6. The van der Waals surface area contributed by atoms with Crippen LogP contribution in [0.2, 0.25) is 0 Å². The second-order valence-electron chi connectivity index (χ2n) is 29.6. The third-order valence-electron chi connectivity index (χ3n) is 23.2. The number of anilines is 5. The topological polar surface area (TPSA) is 266 Å². The van der Waals surface area contributed by atoms with Crippen molar-refractivity contribution in [2.24, 2.45) is 13.0 Å². The SMILES string of the molecule is C[C@@H]1CNc2c(sc3ccc4nc(-c5ccc(N6CCN(CCCCOc7ccc(C8CCC(=O)NC8=O)cc7)CC6C6[C@H]7C[C@H](CN7c7ccc8c(ccc9sc%10c(c98)NC[C@@H](C)NC%10=O)n7)N6CC6CCN(c7cccc8c7n(C)c(=O)n8C7CCC(=O)NC7=O)CC6)nc5)ccc4c23)C(=O)N1. The van der Waals surface area contributed by atoms with Crippen molar-refractivity contribution in [2.45, 2.75) is 120 Å². The van der Waals surface area contributed by atoms with Crippen LogP contribution in [0.5, 0.6) is 5.75 Å². The van der Waals surface area contributed by atoms with E-state index in [1.165, 1.54) is 22.7 Å². The summed E-state index contributed by atoms with van der Waals surface area (Å²) in [5, 5.41) is 22.4. The minimum atomic E-state index is -0.770. The fraction of sp³-hybridized carbons (Fsp3) is 0.410. The lowest BCUT2D eigenvalue weighted by molar-refractivity contribution is -0.136. The average molecular weight is 1440 g/mol. The predicted molar refractivity (Wildman–Crippen MR) is 406 cm³/mol. The zero-order valence-electron chi connectivity index (χ0n) is 58.3. The molecule has 8 aliphatic heterocycles. The molecule has 18 rings (SSSR count). The molecule has 0 radical (unpaired) electrons. The summed E-state index contributed by atoms with van der Waals surface area (Å²) in [7, 11) is 1.78. The van der Waals surface area contributed by atoms with Crippen molar-refractivity contribution in [2.75, 3.05) is 97.4 Å². The van der Waals surface area contributed by atoms with Crippen LogP contribution in [0.4, 0.5) is 28.7 Å². The minimum absolute atomic E-state index is 0.00196. The molecule has 4 unspecified atom stereocenters. The van der Waals surface area contributed by atoms with Gasteiger partial charge in [0.05, 0.1) is 69.4 Å². The zero-order chi connectivity index (χ0) is 70.8. The number of piperidine rings is 3. The maximum absolute atomic E-state index is 14.1. The summed E-state index contributed by atoms with van der Waals surface area (Å²) in [6.45, 7) is 12.4. The summed E-state index contributed by atoms with van der Waals surface area (Å²) in [6, 6.07) is 34.6. The number of nitrogens with zero attached hydrogens (tertiary/aromatic N) is 10. The molecule has 8 aliphatic rings. The lowest BCUT2D eigenvalue weighted by Gasteiger charge is -2.52. The molecule has 104 heavy (non-hydrogen) atoms. The number of hydrogen-bond donors (Lipinski definition) is 6. The quantitative estimate of drug-likeness (QED) is 0.0413. The van der Waals surface area contributed by atoms with Gasteiger partial charge in [-0.15, -0.1) is 22.7 Å². The summed E-state index contributed by atoms with van der Waals surface area (Å²) in [5.41, 5.74) is 8.23. The number of ether oxygens (including phenoxy) is 1. The van der Waals surface area contributed by atoms with Crippen LogP contribution in [-0.4, -0.2) is 178 Å². The average Bonchev–Trinajstić information content (AvgIpc) is 1.58. The fourth-order valence-corrected chi connectivity index (χ4v) is 20.2. The van der Waals surface area contributed by atoms with Gasteiger partial charge in [-0.1, -0.05) is 18.2 Å². The summed E-state index contributed by atoms with van der Waals surface area (Å²) in [5.74, 6) is 1.26. The van der Waals surface area contributed by atoms with Crippen LogP contribution in [-0.2, 0) is 26.2 Å². The van der Waals surface area contributed by atoms with Crippen molar-refractivity contribution in [1.29, 1.82) is 0 Å². The van der Waals surface area contributed by atoms with Crippen molar-refractivity contribution >= 4 is 140 Å². The predicted octanol–water partition coefficient (Wildman–Crippen LogP) is 9.11. The van der Waals surface area contributed by atoms with E-state index < -0.39 is 11.9 Å². The van der Waals surface area contributed by atoms with E-state index in [0.29, 0.717) is 53.7 Å². The molecule has 26 heteroatoms. The molecular weight excluding hydrogens is 1350 g/mol. The molecule has 0 aliphatic carbocycles. The number of carbonyl (C=O) groups excluding carboxylic acids is 6. The number of imide groups is 2. The number of aryl methyl sites for hydroxylation is 1. The highest BCUT2D eigenvalue weighted by Crippen LogP contribution is 2.47. The molecule has 6 aromatic heterocycles. The molecule has 0 saturated carbocycles. The van der Waals surface area contributed by atoms with Gasteiger partial charge in [0.15, 0.2) is 0 Å². The maximum Gasteiger partial charge on any atom is 0.329 e. The van der Waals surface area contributed by atoms with Crippen molar-refractivity contribution in [3.05, 3.63) is 135 Å². The van der Waals surface area contributed by atoms with E-state index in [-0.39, 0.29) is 90.2 Å². The molecule has 14 heterocycles. The molecule has 10 aromatic rings. The number of rotatable bonds is 15. The number of likely N-dealkylation sites (tertiary alicyclic amines) is 1. The van der Waals surface area contributed by atoms with Gasteiger partial charge in [0.2, 0.25) is 23.6 Å². The number of fused-ring (bicyclic) bond motifs is 13. The number of unbranched alkanes of at least 4 members (excludes halogenated alkanes) is 1. The third kappa shape index (κ3) is 11.7. The van der Waals surface area contributed by atoms with Crippen LogP contribution in [0.15, 0.2) is 114 Å². The normalized spacial score (nSPS) is 24.2. The molecule has 534 valence electrons. The number of benzene rings is 4. The fourth-order valence-electron chi connectivity index (χ4n) is 18.0. The first-order valence-electron chi connectivity index (χ1n) is 36.8. The zero-order valence-corrected chi connectivity index (χ0v) is 59.9. The Balaban J connectivity index is 0.656. The molecule has 4 aromatic carbocycles. The Morgan fingerprint density at radius 3 is 2.01 bits per heavy atom. The number of nitrogens with one attached hydrogen (secondary N) is 6. The highest BCUT2D eigenvalue weighted by molar-refractivity contribution is 7.22. The summed E-state index contributed by atoms with van der Waals surface area (Å²) in [6.07, 6.45) is 7.87.